The molecule has 2 aliphatic rings. The maximum Gasteiger partial charge on any atom is 0.0400 e. The molecule has 1 saturated heterocycles. The van der Waals surface area contributed by atoms with Crippen molar-refractivity contribution in [3.05, 3.63) is 28.7 Å². The van der Waals surface area contributed by atoms with Gasteiger partial charge in [-0.25, -0.2) is 0 Å². The van der Waals surface area contributed by atoms with Crippen LogP contribution in [0.15, 0.2) is 28.7 Å². The van der Waals surface area contributed by atoms with Gasteiger partial charge in [0.1, 0.15) is 0 Å². The minimum Gasteiger partial charge on any atom is -0.381 e. The van der Waals surface area contributed by atoms with Crippen LogP contribution in [0.5, 0.6) is 0 Å². The van der Waals surface area contributed by atoms with Crippen LogP contribution in [-0.2, 0) is 0 Å². The van der Waals surface area contributed by atoms with E-state index in [1.807, 2.05) is 0 Å². The zero-order valence-corrected chi connectivity index (χ0v) is 10.9. The molecule has 1 unspecified atom stereocenters. The van der Waals surface area contributed by atoms with Gasteiger partial charge >= 0.3 is 0 Å². The third-order valence-electron chi connectivity index (χ3n) is 3.48. The molecule has 1 aromatic carbocycles. The first-order valence-electron chi connectivity index (χ1n) is 6.07. The Hall–Kier alpha value is -0.540. The minimum atomic E-state index is 0.634. The quantitative estimate of drug-likeness (QED) is 0.916. The number of nitrogens with one attached hydrogen (secondary N) is 1. The van der Waals surface area contributed by atoms with Gasteiger partial charge in [-0.05, 0) is 37.5 Å². The fourth-order valence-corrected chi connectivity index (χ4v) is 2.89. The average molecular weight is 281 g/mol. The summed E-state index contributed by atoms with van der Waals surface area (Å²) in [6.07, 6.45) is 4.12. The molecule has 0 amide bonds. The number of nitrogens with zero attached hydrogens (tertiary/aromatic N) is 1. The van der Waals surface area contributed by atoms with Crippen molar-refractivity contribution in [2.45, 2.75) is 31.3 Å². The van der Waals surface area contributed by atoms with E-state index in [0.717, 1.165) is 10.5 Å². The number of halogens is 1. The Morgan fingerprint density at radius 3 is 2.88 bits per heavy atom. The van der Waals surface area contributed by atoms with Gasteiger partial charge in [0, 0.05) is 35.3 Å². The lowest BCUT2D eigenvalue weighted by Crippen LogP contribution is -2.27. The average Bonchev–Trinajstić information content (AvgIpc) is 3.01. The summed E-state index contributed by atoms with van der Waals surface area (Å²) in [7, 11) is 0. The molecule has 2 nitrogen and oxygen atoms in total. The van der Waals surface area contributed by atoms with Crippen molar-refractivity contribution >= 4 is 21.6 Å². The Morgan fingerprint density at radius 2 is 2.12 bits per heavy atom. The molecule has 0 aromatic heterocycles. The maximum atomic E-state index is 3.62. The minimum absolute atomic E-state index is 0.634. The van der Waals surface area contributed by atoms with Crippen LogP contribution >= 0.6 is 15.9 Å². The van der Waals surface area contributed by atoms with Crippen LogP contribution in [0.3, 0.4) is 0 Å². The Labute approximate surface area is 105 Å². The molecule has 0 bridgehead atoms. The molecule has 3 rings (SSSR count). The predicted molar refractivity (Wildman–Crippen MR) is 70.8 cm³/mol. The zero-order chi connectivity index (χ0) is 11.0. The largest absolute Gasteiger partial charge is 0.381 e. The molecular weight excluding hydrogens is 264 g/mol. The van der Waals surface area contributed by atoms with Crippen LogP contribution in [0.25, 0.3) is 0 Å². The van der Waals surface area contributed by atoms with E-state index in [4.69, 9.17) is 0 Å². The zero-order valence-electron chi connectivity index (χ0n) is 9.32. The molecule has 16 heavy (non-hydrogen) atoms. The second-order valence-electron chi connectivity index (χ2n) is 4.87. The topological polar surface area (TPSA) is 15.3 Å². The number of rotatable bonds is 3. The van der Waals surface area contributed by atoms with Crippen LogP contribution in [0.2, 0.25) is 0 Å². The molecular formula is C13H17BrN2. The van der Waals surface area contributed by atoms with E-state index in [1.54, 1.807) is 0 Å². The fourth-order valence-electron chi connectivity index (χ4n) is 2.49. The summed E-state index contributed by atoms with van der Waals surface area (Å²) in [5.74, 6) is 0. The second kappa shape index (κ2) is 4.38. The van der Waals surface area contributed by atoms with Gasteiger partial charge in [-0.15, -0.1) is 0 Å². The number of hydrogen-bond acceptors (Lipinski definition) is 2. The van der Waals surface area contributed by atoms with Gasteiger partial charge in [0.15, 0.2) is 0 Å². The van der Waals surface area contributed by atoms with E-state index < -0.39 is 0 Å². The van der Waals surface area contributed by atoms with Crippen molar-refractivity contribution in [2.24, 2.45) is 0 Å². The van der Waals surface area contributed by atoms with Crippen LogP contribution < -0.4 is 5.32 Å². The van der Waals surface area contributed by atoms with Crippen LogP contribution in [0.4, 0.5) is 5.69 Å². The molecule has 1 N–H and O–H groups in total. The number of likely N-dealkylation sites (tertiary alicyclic amines) is 1. The summed E-state index contributed by atoms with van der Waals surface area (Å²) in [4.78, 5) is 2.63. The van der Waals surface area contributed by atoms with Crippen LogP contribution in [0.1, 0.15) is 19.3 Å². The summed E-state index contributed by atoms with van der Waals surface area (Å²) in [5.41, 5.74) is 1.23. The van der Waals surface area contributed by atoms with E-state index in [2.05, 4.69) is 50.4 Å². The molecule has 1 saturated carbocycles. The van der Waals surface area contributed by atoms with E-state index in [0.29, 0.717) is 6.04 Å². The smallest absolute Gasteiger partial charge is 0.0400 e. The fraction of sp³-hybridized carbons (Fsp3) is 0.538. The molecule has 1 aromatic rings. The van der Waals surface area contributed by atoms with Gasteiger partial charge in [-0.2, -0.15) is 0 Å². The summed E-state index contributed by atoms with van der Waals surface area (Å²) >= 11 is 3.51. The van der Waals surface area contributed by atoms with Crippen molar-refractivity contribution < 1.29 is 0 Å². The monoisotopic (exact) mass is 280 g/mol. The van der Waals surface area contributed by atoms with E-state index in [9.17, 15) is 0 Å². The van der Waals surface area contributed by atoms with Crippen molar-refractivity contribution in [2.75, 3.05) is 18.4 Å². The Morgan fingerprint density at radius 1 is 1.25 bits per heavy atom. The molecule has 1 heterocycles. The van der Waals surface area contributed by atoms with Gasteiger partial charge in [-0.3, -0.25) is 4.90 Å². The molecule has 3 heteroatoms. The first kappa shape index (κ1) is 10.6. The van der Waals surface area contributed by atoms with Crippen LogP contribution in [-0.4, -0.2) is 30.1 Å². The highest BCUT2D eigenvalue weighted by molar-refractivity contribution is 9.10. The number of benzene rings is 1. The highest BCUT2D eigenvalue weighted by Crippen LogP contribution is 2.30. The van der Waals surface area contributed by atoms with Crippen molar-refractivity contribution in [1.29, 1.82) is 0 Å². The molecule has 0 spiro atoms. The summed E-state index contributed by atoms with van der Waals surface area (Å²) in [5, 5.41) is 3.62. The van der Waals surface area contributed by atoms with Gasteiger partial charge in [-0.1, -0.05) is 22.0 Å². The lowest BCUT2D eigenvalue weighted by atomic mass is 10.2. The molecule has 1 atom stereocenters. The summed E-state index contributed by atoms with van der Waals surface area (Å²) in [6.45, 7) is 2.49. The van der Waals surface area contributed by atoms with Crippen molar-refractivity contribution in [3.8, 4) is 0 Å². The van der Waals surface area contributed by atoms with Crippen LogP contribution in [0, 0.1) is 0 Å². The Kier molecular flexibility index (Phi) is 2.90. The van der Waals surface area contributed by atoms with E-state index in [-0.39, 0.29) is 0 Å². The SMILES string of the molecule is Brc1cccc(NC2CCN(C3CC3)C2)c1. The standard InChI is InChI=1S/C13H17BrN2/c14-10-2-1-3-11(8-10)15-12-6-7-16(9-12)13-4-5-13/h1-3,8,12-13,15H,4-7,9H2. The maximum absolute atomic E-state index is 3.62. The normalized spacial score (nSPS) is 25.9. The van der Waals surface area contributed by atoms with Crippen molar-refractivity contribution in [1.82, 2.24) is 4.90 Å². The van der Waals surface area contributed by atoms with E-state index in [1.165, 1.54) is 38.0 Å². The lowest BCUT2D eigenvalue weighted by molar-refractivity contribution is 0.326. The van der Waals surface area contributed by atoms with Gasteiger partial charge in [0.2, 0.25) is 0 Å². The predicted octanol–water partition coefficient (Wildman–Crippen LogP) is 3.10. The van der Waals surface area contributed by atoms with E-state index >= 15 is 0 Å². The highest BCUT2D eigenvalue weighted by Gasteiger charge is 2.34. The third kappa shape index (κ3) is 2.41. The van der Waals surface area contributed by atoms with Crippen molar-refractivity contribution in [3.63, 3.8) is 0 Å². The summed E-state index contributed by atoms with van der Waals surface area (Å²) in [6, 6.07) is 9.99. The summed E-state index contributed by atoms with van der Waals surface area (Å²) < 4.78 is 1.15. The van der Waals surface area contributed by atoms with Gasteiger partial charge < -0.3 is 5.32 Å². The molecule has 1 aliphatic carbocycles. The molecule has 86 valence electrons. The first-order valence-corrected chi connectivity index (χ1v) is 6.87. The lowest BCUT2D eigenvalue weighted by Gasteiger charge is -2.16. The molecule has 2 fully saturated rings. The molecule has 1 aliphatic heterocycles. The third-order valence-corrected chi connectivity index (χ3v) is 3.97. The number of hydrogen-bond donors (Lipinski definition) is 1. The molecule has 0 radical (unpaired) electrons. The van der Waals surface area contributed by atoms with Gasteiger partial charge in [0.25, 0.3) is 0 Å². The highest BCUT2D eigenvalue weighted by atomic mass is 79.9. The second-order valence-corrected chi connectivity index (χ2v) is 5.78. The van der Waals surface area contributed by atoms with Gasteiger partial charge in [0.05, 0.1) is 0 Å². The Balaban J connectivity index is 1.59. The first-order chi connectivity index (χ1) is 7.81. The Bertz CT molecular complexity index is 376. The number of anilines is 1.